The largest absolute Gasteiger partial charge is 0.417 e. The van der Waals surface area contributed by atoms with Crippen molar-refractivity contribution in [1.29, 1.82) is 0 Å². The number of thioether (sulfide) groups is 1. The number of alkyl halides is 3. The Bertz CT molecular complexity index is 922. The summed E-state index contributed by atoms with van der Waals surface area (Å²) >= 11 is 1.16. The van der Waals surface area contributed by atoms with Crippen molar-refractivity contribution >= 4 is 17.7 Å². The number of hydrogen-bond donors (Lipinski definition) is 1. The van der Waals surface area contributed by atoms with Gasteiger partial charge in [0.1, 0.15) is 0 Å². The molecule has 0 aromatic heterocycles. The van der Waals surface area contributed by atoms with Gasteiger partial charge in [-0.15, -0.1) is 11.8 Å². The third-order valence-electron chi connectivity index (χ3n) is 6.68. The summed E-state index contributed by atoms with van der Waals surface area (Å²) in [6, 6.07) is 13.2. The molecule has 7 heteroatoms. The Kier molecular flexibility index (Phi) is 6.35. The lowest BCUT2D eigenvalue weighted by Gasteiger charge is -2.54. The molecule has 2 aliphatic rings. The predicted molar refractivity (Wildman–Crippen MR) is 117 cm³/mol. The van der Waals surface area contributed by atoms with E-state index in [-0.39, 0.29) is 17.1 Å². The molecule has 31 heavy (non-hydrogen) atoms. The molecule has 1 saturated heterocycles. The molecule has 2 fully saturated rings. The molecule has 0 spiro atoms. The minimum Gasteiger partial charge on any atom is -0.343 e. The summed E-state index contributed by atoms with van der Waals surface area (Å²) in [6.07, 6.45) is 2.26. The molecular weight excluding hydrogens is 421 g/mol. The van der Waals surface area contributed by atoms with Crippen LogP contribution < -0.4 is 5.32 Å². The van der Waals surface area contributed by atoms with Gasteiger partial charge in [-0.05, 0) is 69.1 Å². The Morgan fingerprint density at radius 3 is 2.26 bits per heavy atom. The highest BCUT2D eigenvalue weighted by Gasteiger charge is 2.50. The maximum absolute atomic E-state index is 13.7. The van der Waals surface area contributed by atoms with Crippen LogP contribution in [-0.4, -0.2) is 35.7 Å². The SMILES string of the molecule is CSc1cccc(C(F)(F)F)c1C(=O)NC(c1ccccc1)C1(N2CCCC2)CCC1. The number of halogens is 3. The topological polar surface area (TPSA) is 32.3 Å². The van der Waals surface area contributed by atoms with Crippen LogP contribution in [0.4, 0.5) is 13.2 Å². The molecule has 1 aliphatic carbocycles. The summed E-state index contributed by atoms with van der Waals surface area (Å²) in [4.78, 5) is 16.2. The van der Waals surface area contributed by atoms with Gasteiger partial charge in [0.05, 0.1) is 17.2 Å². The number of nitrogens with one attached hydrogen (secondary N) is 1. The number of carbonyl (C=O) groups excluding carboxylic acids is 1. The van der Waals surface area contributed by atoms with Gasteiger partial charge < -0.3 is 5.32 Å². The highest BCUT2D eigenvalue weighted by atomic mass is 32.2. The summed E-state index contributed by atoms with van der Waals surface area (Å²) in [6.45, 7) is 1.93. The third-order valence-corrected chi connectivity index (χ3v) is 7.46. The molecule has 3 nitrogen and oxygen atoms in total. The fourth-order valence-electron chi connectivity index (χ4n) is 5.04. The molecule has 166 valence electrons. The van der Waals surface area contributed by atoms with E-state index in [9.17, 15) is 18.0 Å². The molecule has 0 bridgehead atoms. The summed E-state index contributed by atoms with van der Waals surface area (Å²) in [5, 5.41) is 3.06. The molecule has 2 aromatic carbocycles. The first kappa shape index (κ1) is 22.2. The van der Waals surface area contributed by atoms with Crippen molar-refractivity contribution in [3.63, 3.8) is 0 Å². The van der Waals surface area contributed by atoms with E-state index in [0.717, 1.165) is 68.6 Å². The summed E-state index contributed by atoms with van der Waals surface area (Å²) in [7, 11) is 0. The maximum Gasteiger partial charge on any atom is 0.417 e. The zero-order valence-electron chi connectivity index (χ0n) is 17.5. The lowest BCUT2D eigenvalue weighted by Crippen LogP contribution is -2.60. The average molecular weight is 449 g/mol. The molecule has 2 aromatic rings. The van der Waals surface area contributed by atoms with Gasteiger partial charge in [-0.25, -0.2) is 0 Å². The highest BCUT2D eigenvalue weighted by molar-refractivity contribution is 7.98. The minimum atomic E-state index is -4.59. The summed E-state index contributed by atoms with van der Waals surface area (Å²) < 4.78 is 41.2. The van der Waals surface area contributed by atoms with E-state index in [1.807, 2.05) is 30.3 Å². The lowest BCUT2D eigenvalue weighted by molar-refractivity contribution is -0.138. The molecule has 1 aliphatic heterocycles. The Morgan fingerprint density at radius 1 is 1.03 bits per heavy atom. The van der Waals surface area contributed by atoms with Crippen LogP contribution in [0.5, 0.6) is 0 Å². The molecule has 1 saturated carbocycles. The minimum absolute atomic E-state index is 0.236. The van der Waals surface area contributed by atoms with Crippen LogP contribution in [0.1, 0.15) is 59.6 Å². The fraction of sp³-hybridized carbons (Fsp3) is 0.458. The molecular formula is C24H27F3N2OS. The number of nitrogens with zero attached hydrogens (tertiary/aromatic N) is 1. The zero-order chi connectivity index (χ0) is 22.1. The third kappa shape index (κ3) is 4.22. The first-order chi connectivity index (χ1) is 14.9. The van der Waals surface area contributed by atoms with E-state index in [0.29, 0.717) is 4.90 Å². The van der Waals surface area contributed by atoms with Crippen LogP contribution in [0, 0.1) is 0 Å². The van der Waals surface area contributed by atoms with Gasteiger partial charge in [0.25, 0.3) is 5.91 Å². The Hall–Kier alpha value is -1.99. The Balaban J connectivity index is 1.75. The van der Waals surface area contributed by atoms with Crippen molar-refractivity contribution in [2.24, 2.45) is 0 Å². The van der Waals surface area contributed by atoms with E-state index in [4.69, 9.17) is 0 Å². The van der Waals surface area contributed by atoms with Crippen LogP contribution in [0.2, 0.25) is 0 Å². The standard InChI is InChI=1S/C24H27F3N2OS/c1-31-19-12-7-11-18(24(25,26)27)20(19)22(30)28-21(17-9-3-2-4-10-17)23(13-8-14-23)29-15-5-6-16-29/h2-4,7,9-12,21H,5-6,8,13-16H2,1H3,(H,28,30). The summed E-state index contributed by atoms with van der Waals surface area (Å²) in [5.41, 5.74) is -0.454. The number of carbonyl (C=O) groups is 1. The van der Waals surface area contributed by atoms with Crippen molar-refractivity contribution in [1.82, 2.24) is 10.2 Å². The quantitative estimate of drug-likeness (QED) is 0.557. The molecule has 1 heterocycles. The van der Waals surface area contributed by atoms with Gasteiger partial charge in [-0.2, -0.15) is 13.2 Å². The second-order valence-corrected chi connectivity index (χ2v) is 9.20. The predicted octanol–water partition coefficient (Wildman–Crippen LogP) is 5.92. The lowest BCUT2D eigenvalue weighted by atomic mass is 9.68. The molecule has 1 unspecified atom stereocenters. The summed E-state index contributed by atoms with van der Waals surface area (Å²) in [5.74, 6) is -0.656. The van der Waals surface area contributed by atoms with Crippen molar-refractivity contribution in [3.05, 3.63) is 65.2 Å². The van der Waals surface area contributed by atoms with E-state index in [1.165, 1.54) is 6.07 Å². The molecule has 4 rings (SSSR count). The van der Waals surface area contributed by atoms with E-state index >= 15 is 0 Å². The van der Waals surface area contributed by atoms with Gasteiger partial charge in [0, 0.05) is 10.4 Å². The average Bonchev–Trinajstić information content (AvgIpc) is 3.26. The van der Waals surface area contributed by atoms with Crippen LogP contribution in [-0.2, 0) is 6.18 Å². The van der Waals surface area contributed by atoms with E-state index in [2.05, 4.69) is 10.2 Å². The van der Waals surface area contributed by atoms with Gasteiger partial charge in [0.2, 0.25) is 0 Å². The second kappa shape index (κ2) is 8.87. The molecule has 1 atom stereocenters. The molecule has 0 radical (unpaired) electrons. The Labute approximate surface area is 185 Å². The Morgan fingerprint density at radius 2 is 1.71 bits per heavy atom. The maximum atomic E-state index is 13.7. The van der Waals surface area contributed by atoms with Crippen LogP contribution in [0.25, 0.3) is 0 Å². The monoisotopic (exact) mass is 448 g/mol. The number of likely N-dealkylation sites (tertiary alicyclic amines) is 1. The second-order valence-electron chi connectivity index (χ2n) is 8.35. The van der Waals surface area contributed by atoms with Gasteiger partial charge in [-0.3, -0.25) is 9.69 Å². The van der Waals surface area contributed by atoms with Crippen LogP contribution in [0.15, 0.2) is 53.4 Å². The van der Waals surface area contributed by atoms with Crippen LogP contribution >= 0.6 is 11.8 Å². The number of benzene rings is 2. The van der Waals surface area contributed by atoms with Crippen molar-refractivity contribution in [2.45, 2.75) is 54.8 Å². The highest BCUT2D eigenvalue weighted by Crippen LogP contribution is 2.48. The van der Waals surface area contributed by atoms with Crippen molar-refractivity contribution in [2.75, 3.05) is 19.3 Å². The normalized spacial score (nSPS) is 19.6. The van der Waals surface area contributed by atoms with Crippen molar-refractivity contribution < 1.29 is 18.0 Å². The van der Waals surface area contributed by atoms with Crippen LogP contribution in [0.3, 0.4) is 0 Å². The molecule has 1 amide bonds. The number of rotatable bonds is 6. The van der Waals surface area contributed by atoms with Gasteiger partial charge in [-0.1, -0.05) is 36.4 Å². The number of amides is 1. The smallest absolute Gasteiger partial charge is 0.343 e. The van der Waals surface area contributed by atoms with Crippen molar-refractivity contribution in [3.8, 4) is 0 Å². The van der Waals surface area contributed by atoms with Gasteiger partial charge >= 0.3 is 6.18 Å². The first-order valence-electron chi connectivity index (χ1n) is 10.7. The number of hydrogen-bond acceptors (Lipinski definition) is 3. The zero-order valence-corrected chi connectivity index (χ0v) is 18.4. The molecule has 1 N–H and O–H groups in total. The fourth-order valence-corrected chi connectivity index (χ4v) is 5.66. The van der Waals surface area contributed by atoms with E-state index in [1.54, 1.807) is 12.3 Å². The van der Waals surface area contributed by atoms with Gasteiger partial charge in [0.15, 0.2) is 0 Å². The van der Waals surface area contributed by atoms with E-state index < -0.39 is 17.6 Å². The first-order valence-corrected chi connectivity index (χ1v) is 11.9.